The van der Waals surface area contributed by atoms with Crippen LogP contribution in [-0.2, 0) is 19.1 Å². The molecule has 5 nitrogen and oxygen atoms in total. The number of esters is 2. The smallest absolute Gasteiger partial charge is 0.326 e. The van der Waals surface area contributed by atoms with E-state index in [1.807, 2.05) is 0 Å². The number of hydrogen-bond acceptors (Lipinski definition) is 5. The van der Waals surface area contributed by atoms with Crippen LogP contribution in [0.4, 0.5) is 0 Å². The summed E-state index contributed by atoms with van der Waals surface area (Å²) in [7, 11) is 0. The van der Waals surface area contributed by atoms with Gasteiger partial charge in [-0.15, -0.1) is 0 Å². The zero-order chi connectivity index (χ0) is 12.6. The van der Waals surface area contributed by atoms with E-state index in [0.717, 1.165) is 0 Å². The van der Waals surface area contributed by atoms with Gasteiger partial charge in [0.05, 0.1) is 0 Å². The summed E-state index contributed by atoms with van der Waals surface area (Å²) in [4.78, 5) is 22.0. The lowest BCUT2D eigenvalue weighted by Crippen LogP contribution is -2.49. The van der Waals surface area contributed by atoms with Crippen molar-refractivity contribution in [3.05, 3.63) is 12.7 Å². The van der Waals surface area contributed by atoms with Gasteiger partial charge in [-0.2, -0.15) is 0 Å². The third-order valence-corrected chi connectivity index (χ3v) is 1.82. The second kappa shape index (κ2) is 7.00. The molecule has 0 aliphatic heterocycles. The largest absolute Gasteiger partial charge is 0.465 e. The maximum Gasteiger partial charge on any atom is 0.326 e. The van der Waals surface area contributed by atoms with Crippen LogP contribution in [-0.4, -0.2) is 37.2 Å². The molecule has 0 spiro atoms. The van der Waals surface area contributed by atoms with Crippen molar-refractivity contribution in [1.82, 2.24) is 5.32 Å². The van der Waals surface area contributed by atoms with Gasteiger partial charge in [0, 0.05) is 13.5 Å². The number of carbonyl (C=O) groups is 2. The molecule has 0 radical (unpaired) electrons. The molecule has 0 aliphatic carbocycles. The lowest BCUT2D eigenvalue weighted by Gasteiger charge is -2.23. The fraction of sp³-hybridized carbons (Fsp3) is 0.636. The molecule has 0 heterocycles. The van der Waals surface area contributed by atoms with Crippen LogP contribution in [0.15, 0.2) is 12.7 Å². The molecule has 0 fully saturated rings. The Morgan fingerprint density at radius 3 is 2.50 bits per heavy atom. The normalized spacial score (nSPS) is 10.7. The predicted molar refractivity (Wildman–Crippen MR) is 59.9 cm³/mol. The molecule has 0 aromatic rings. The first-order valence-corrected chi connectivity index (χ1v) is 5.06. The van der Waals surface area contributed by atoms with Crippen LogP contribution in [0.5, 0.6) is 0 Å². The Kier molecular flexibility index (Phi) is 6.41. The van der Waals surface area contributed by atoms with Crippen LogP contribution in [0.25, 0.3) is 0 Å². The topological polar surface area (TPSA) is 64.6 Å². The summed E-state index contributed by atoms with van der Waals surface area (Å²) in [6.07, 6.45) is 1.51. The molecule has 0 amide bonds. The van der Waals surface area contributed by atoms with Gasteiger partial charge in [0.15, 0.2) is 0 Å². The monoisotopic (exact) mass is 229 g/mol. The Hall–Kier alpha value is -1.36. The Bertz CT molecular complexity index is 261. The molecule has 0 atom stereocenters. The van der Waals surface area contributed by atoms with Gasteiger partial charge in [0.25, 0.3) is 0 Å². The van der Waals surface area contributed by atoms with E-state index in [4.69, 9.17) is 9.47 Å². The van der Waals surface area contributed by atoms with Crippen molar-refractivity contribution in [2.45, 2.75) is 26.3 Å². The summed E-state index contributed by atoms with van der Waals surface area (Å²) >= 11 is 0. The highest BCUT2D eigenvalue weighted by Crippen LogP contribution is 2.04. The van der Waals surface area contributed by atoms with Gasteiger partial charge in [0.2, 0.25) is 0 Å². The second-order valence-corrected chi connectivity index (χ2v) is 3.78. The molecule has 1 N–H and O–H groups in total. The fourth-order valence-electron chi connectivity index (χ4n) is 0.945. The van der Waals surface area contributed by atoms with Crippen molar-refractivity contribution in [2.75, 3.05) is 19.8 Å². The van der Waals surface area contributed by atoms with Gasteiger partial charge < -0.3 is 9.47 Å². The molecule has 0 aliphatic rings. The Balaban J connectivity index is 3.88. The third-order valence-electron chi connectivity index (χ3n) is 1.82. The van der Waals surface area contributed by atoms with Crippen molar-refractivity contribution >= 4 is 11.9 Å². The van der Waals surface area contributed by atoms with Gasteiger partial charge in [-0.3, -0.25) is 14.9 Å². The Morgan fingerprint density at radius 1 is 1.38 bits per heavy atom. The Labute approximate surface area is 95.8 Å². The predicted octanol–water partition coefficient (Wildman–Crippen LogP) is 0.647. The minimum Gasteiger partial charge on any atom is -0.465 e. The summed E-state index contributed by atoms with van der Waals surface area (Å²) in [5.74, 6) is -0.705. The zero-order valence-corrected chi connectivity index (χ0v) is 10.0. The van der Waals surface area contributed by atoms with E-state index in [2.05, 4.69) is 11.9 Å². The van der Waals surface area contributed by atoms with Crippen LogP contribution in [0.3, 0.4) is 0 Å². The third kappa shape index (κ3) is 6.19. The maximum absolute atomic E-state index is 11.5. The van der Waals surface area contributed by atoms with Crippen LogP contribution < -0.4 is 5.32 Å². The van der Waals surface area contributed by atoms with Gasteiger partial charge in [0.1, 0.15) is 18.8 Å². The highest BCUT2D eigenvalue weighted by molar-refractivity contribution is 5.79. The van der Waals surface area contributed by atoms with E-state index in [1.54, 1.807) is 13.8 Å². The summed E-state index contributed by atoms with van der Waals surface area (Å²) in [5.41, 5.74) is -0.802. The van der Waals surface area contributed by atoms with E-state index >= 15 is 0 Å². The molecule has 16 heavy (non-hydrogen) atoms. The summed E-state index contributed by atoms with van der Waals surface area (Å²) in [5, 5.41) is 2.94. The number of ether oxygens (including phenoxy) is 2. The maximum atomic E-state index is 11.5. The number of rotatable bonds is 7. The number of hydrogen-bond donors (Lipinski definition) is 1. The molecule has 0 saturated carbocycles. The molecule has 5 heteroatoms. The first-order valence-electron chi connectivity index (χ1n) is 5.06. The summed E-state index contributed by atoms with van der Waals surface area (Å²) in [6.45, 7) is 9.01. The van der Waals surface area contributed by atoms with E-state index in [9.17, 15) is 9.59 Å². The highest BCUT2D eigenvalue weighted by atomic mass is 16.5. The molecule has 0 aromatic heterocycles. The van der Waals surface area contributed by atoms with Crippen molar-refractivity contribution in [3.8, 4) is 0 Å². The van der Waals surface area contributed by atoms with E-state index in [-0.39, 0.29) is 25.2 Å². The molecule has 0 saturated heterocycles. The molecular formula is C11H19NO4. The van der Waals surface area contributed by atoms with Crippen molar-refractivity contribution in [1.29, 1.82) is 0 Å². The molecular weight excluding hydrogens is 210 g/mol. The second-order valence-electron chi connectivity index (χ2n) is 3.78. The van der Waals surface area contributed by atoms with Crippen molar-refractivity contribution in [3.63, 3.8) is 0 Å². The van der Waals surface area contributed by atoms with Crippen molar-refractivity contribution < 1.29 is 19.1 Å². The van der Waals surface area contributed by atoms with Crippen LogP contribution in [0.2, 0.25) is 0 Å². The van der Waals surface area contributed by atoms with E-state index < -0.39 is 5.54 Å². The first kappa shape index (κ1) is 14.6. The van der Waals surface area contributed by atoms with Crippen LogP contribution >= 0.6 is 0 Å². The zero-order valence-electron chi connectivity index (χ0n) is 10.0. The van der Waals surface area contributed by atoms with Crippen molar-refractivity contribution in [2.24, 2.45) is 0 Å². The first-order chi connectivity index (χ1) is 7.40. The van der Waals surface area contributed by atoms with Gasteiger partial charge in [-0.1, -0.05) is 12.7 Å². The van der Waals surface area contributed by atoms with Crippen LogP contribution in [0, 0.1) is 0 Å². The average Bonchev–Trinajstić information content (AvgIpc) is 2.20. The summed E-state index contributed by atoms with van der Waals surface area (Å²) < 4.78 is 9.64. The van der Waals surface area contributed by atoms with Gasteiger partial charge >= 0.3 is 11.9 Å². The Morgan fingerprint density at radius 2 is 2.00 bits per heavy atom. The molecule has 0 aromatic carbocycles. The molecule has 0 unspecified atom stereocenters. The molecule has 92 valence electrons. The van der Waals surface area contributed by atoms with E-state index in [1.165, 1.54) is 13.0 Å². The minimum atomic E-state index is -0.802. The molecule has 0 rings (SSSR count). The van der Waals surface area contributed by atoms with E-state index in [0.29, 0.717) is 6.54 Å². The minimum absolute atomic E-state index is 0.188. The lowest BCUT2D eigenvalue weighted by atomic mass is 10.1. The SMILES string of the molecule is C=CCOC(=O)C(C)(C)NCCOC(C)=O. The van der Waals surface area contributed by atoms with Crippen LogP contribution in [0.1, 0.15) is 20.8 Å². The quantitative estimate of drug-likeness (QED) is 0.394. The standard InChI is InChI=1S/C11H19NO4/c1-5-7-16-10(14)11(3,4)12-6-8-15-9(2)13/h5,12H,1,6-8H2,2-4H3. The van der Waals surface area contributed by atoms with Gasteiger partial charge in [-0.05, 0) is 13.8 Å². The average molecular weight is 229 g/mol. The van der Waals surface area contributed by atoms with Gasteiger partial charge in [-0.25, -0.2) is 0 Å². The lowest BCUT2D eigenvalue weighted by molar-refractivity contribution is -0.149. The number of nitrogens with one attached hydrogen (secondary N) is 1. The molecule has 0 bridgehead atoms. The summed E-state index contributed by atoms with van der Waals surface area (Å²) in [6, 6.07) is 0. The number of carbonyl (C=O) groups excluding carboxylic acids is 2. The highest BCUT2D eigenvalue weighted by Gasteiger charge is 2.28. The fourth-order valence-corrected chi connectivity index (χ4v) is 0.945.